The molecular weight excluding hydrogens is 202 g/mol. The highest BCUT2D eigenvalue weighted by Crippen LogP contribution is 2.29. The molecule has 1 amide bonds. The zero-order valence-electron chi connectivity index (χ0n) is 8.59. The van der Waals surface area contributed by atoms with Gasteiger partial charge in [-0.05, 0) is 25.8 Å². The summed E-state index contributed by atoms with van der Waals surface area (Å²) in [6, 6.07) is 0.0899. The third-order valence-corrected chi connectivity index (χ3v) is 3.01. The minimum absolute atomic E-state index is 0.0793. The monoisotopic (exact) mass is 218 g/mol. The molecule has 1 saturated heterocycles. The summed E-state index contributed by atoms with van der Waals surface area (Å²) in [7, 11) is 0. The number of nitrogens with zero attached hydrogens (tertiary/aromatic N) is 1. The van der Waals surface area contributed by atoms with Crippen LogP contribution in [0.2, 0.25) is 0 Å². The number of amides is 1. The minimum Gasteiger partial charge on any atom is -0.334 e. The summed E-state index contributed by atoms with van der Waals surface area (Å²) in [6.45, 7) is 1.08. The van der Waals surface area contributed by atoms with Crippen LogP contribution in [0.25, 0.3) is 0 Å². The first kappa shape index (κ1) is 10.8. The van der Waals surface area contributed by atoms with E-state index in [0.29, 0.717) is 6.54 Å². The molecule has 1 saturated carbocycles. The Kier molecular flexibility index (Phi) is 3.19. The van der Waals surface area contributed by atoms with Crippen LogP contribution in [0.4, 0.5) is 8.78 Å². The smallest absolute Gasteiger partial charge is 0.255 e. The lowest BCUT2D eigenvalue weighted by atomic mass is 10.1. The van der Waals surface area contributed by atoms with E-state index in [9.17, 15) is 13.6 Å². The van der Waals surface area contributed by atoms with Gasteiger partial charge in [0.05, 0.1) is 12.5 Å². The summed E-state index contributed by atoms with van der Waals surface area (Å²) >= 11 is 0. The van der Waals surface area contributed by atoms with Crippen molar-refractivity contribution in [3.63, 3.8) is 0 Å². The normalized spacial score (nSPS) is 25.9. The maximum Gasteiger partial charge on any atom is 0.255 e. The van der Waals surface area contributed by atoms with E-state index in [1.165, 1.54) is 4.90 Å². The molecule has 0 aromatic carbocycles. The van der Waals surface area contributed by atoms with Gasteiger partial charge in [-0.15, -0.1) is 0 Å². The Morgan fingerprint density at radius 2 is 2.13 bits per heavy atom. The van der Waals surface area contributed by atoms with E-state index in [1.807, 2.05) is 0 Å². The van der Waals surface area contributed by atoms with E-state index < -0.39 is 6.43 Å². The van der Waals surface area contributed by atoms with E-state index in [0.717, 1.165) is 25.8 Å². The molecule has 1 atom stereocenters. The Bertz CT molecular complexity index is 238. The molecule has 1 heterocycles. The van der Waals surface area contributed by atoms with Crippen LogP contribution in [-0.4, -0.2) is 42.9 Å². The average molecular weight is 218 g/mol. The second-order valence-electron chi connectivity index (χ2n) is 4.30. The topological polar surface area (TPSA) is 32.3 Å². The largest absolute Gasteiger partial charge is 0.334 e. The Morgan fingerprint density at radius 1 is 1.40 bits per heavy atom. The molecule has 0 unspecified atom stereocenters. The van der Waals surface area contributed by atoms with Crippen molar-refractivity contribution in [3.8, 4) is 0 Å². The number of carbonyl (C=O) groups is 1. The Labute approximate surface area is 87.8 Å². The first-order valence-corrected chi connectivity index (χ1v) is 5.48. The van der Waals surface area contributed by atoms with Crippen LogP contribution in [0.3, 0.4) is 0 Å². The lowest BCUT2D eigenvalue weighted by Gasteiger charge is -2.24. The van der Waals surface area contributed by atoms with Gasteiger partial charge in [-0.2, -0.15) is 0 Å². The van der Waals surface area contributed by atoms with Gasteiger partial charge in [0.1, 0.15) is 0 Å². The van der Waals surface area contributed by atoms with Gasteiger partial charge in [-0.3, -0.25) is 4.79 Å². The zero-order chi connectivity index (χ0) is 10.8. The third kappa shape index (κ3) is 2.65. The Morgan fingerprint density at radius 3 is 2.60 bits per heavy atom. The molecular formula is C10H16F2N2O. The molecule has 3 nitrogen and oxygen atoms in total. The van der Waals surface area contributed by atoms with E-state index >= 15 is 0 Å². The summed E-state index contributed by atoms with van der Waals surface area (Å²) in [6.07, 6.45) is 0.145. The molecule has 5 heteroatoms. The maximum atomic E-state index is 12.3. The van der Waals surface area contributed by atoms with Crippen molar-refractivity contribution in [2.75, 3.05) is 19.6 Å². The standard InChI is InChI=1S/C10H16F2N2O/c11-9(12)6-14(8-1-2-8)10(15)7-3-4-13-5-7/h7-9,13H,1-6H2/t7-/m0/s1. The SMILES string of the molecule is O=C([C@H]1CCNC1)N(CC(F)F)C1CC1. The molecule has 0 aromatic rings. The van der Waals surface area contributed by atoms with Crippen molar-refractivity contribution in [1.29, 1.82) is 0 Å². The average Bonchev–Trinajstić information content (AvgIpc) is 2.88. The predicted octanol–water partition coefficient (Wildman–Crippen LogP) is 0.852. The number of nitrogens with one attached hydrogen (secondary N) is 1. The first-order chi connectivity index (χ1) is 7.18. The van der Waals surface area contributed by atoms with Gasteiger partial charge in [-0.25, -0.2) is 8.78 Å². The van der Waals surface area contributed by atoms with Crippen LogP contribution in [0, 0.1) is 5.92 Å². The van der Waals surface area contributed by atoms with Crippen LogP contribution in [0.5, 0.6) is 0 Å². The van der Waals surface area contributed by atoms with Crippen LogP contribution < -0.4 is 5.32 Å². The number of hydrogen-bond acceptors (Lipinski definition) is 2. The van der Waals surface area contributed by atoms with Gasteiger partial charge >= 0.3 is 0 Å². The molecule has 1 aliphatic carbocycles. The highest BCUT2D eigenvalue weighted by Gasteiger charge is 2.37. The fraction of sp³-hybridized carbons (Fsp3) is 0.900. The minimum atomic E-state index is -2.41. The van der Waals surface area contributed by atoms with Crippen molar-refractivity contribution >= 4 is 5.91 Å². The van der Waals surface area contributed by atoms with E-state index in [4.69, 9.17) is 0 Å². The van der Waals surface area contributed by atoms with Crippen molar-refractivity contribution in [1.82, 2.24) is 10.2 Å². The molecule has 0 spiro atoms. The predicted molar refractivity (Wildman–Crippen MR) is 51.7 cm³/mol. The van der Waals surface area contributed by atoms with Crippen molar-refractivity contribution in [2.45, 2.75) is 31.7 Å². The molecule has 2 rings (SSSR count). The van der Waals surface area contributed by atoms with Gasteiger partial charge in [0, 0.05) is 12.6 Å². The van der Waals surface area contributed by atoms with Gasteiger partial charge in [0.15, 0.2) is 0 Å². The summed E-state index contributed by atoms with van der Waals surface area (Å²) in [4.78, 5) is 13.3. The number of alkyl halides is 2. The van der Waals surface area contributed by atoms with Crippen LogP contribution in [0.1, 0.15) is 19.3 Å². The third-order valence-electron chi connectivity index (χ3n) is 3.01. The molecule has 2 fully saturated rings. The number of carbonyl (C=O) groups excluding carboxylic acids is 1. The second kappa shape index (κ2) is 4.43. The summed E-state index contributed by atoms with van der Waals surface area (Å²) in [5.41, 5.74) is 0. The van der Waals surface area contributed by atoms with Crippen LogP contribution in [-0.2, 0) is 4.79 Å². The fourth-order valence-electron chi connectivity index (χ4n) is 2.05. The molecule has 86 valence electrons. The van der Waals surface area contributed by atoms with E-state index in [2.05, 4.69) is 5.32 Å². The molecule has 1 aliphatic heterocycles. The number of halogens is 2. The molecule has 1 N–H and O–H groups in total. The van der Waals surface area contributed by atoms with Gasteiger partial charge in [0.2, 0.25) is 5.91 Å². The summed E-state index contributed by atoms with van der Waals surface area (Å²) in [5, 5.41) is 3.09. The molecule has 0 bridgehead atoms. The quantitative estimate of drug-likeness (QED) is 0.758. The number of rotatable bonds is 4. The molecule has 0 radical (unpaired) electrons. The highest BCUT2D eigenvalue weighted by atomic mass is 19.3. The highest BCUT2D eigenvalue weighted by molar-refractivity contribution is 5.80. The second-order valence-corrected chi connectivity index (χ2v) is 4.30. The Balaban J connectivity index is 1.93. The van der Waals surface area contributed by atoms with Crippen LogP contribution in [0.15, 0.2) is 0 Å². The molecule has 2 aliphatic rings. The lowest BCUT2D eigenvalue weighted by Crippen LogP contribution is -2.41. The number of hydrogen-bond donors (Lipinski definition) is 1. The lowest BCUT2D eigenvalue weighted by molar-refractivity contribution is -0.137. The van der Waals surface area contributed by atoms with E-state index in [-0.39, 0.29) is 24.4 Å². The summed E-state index contributed by atoms with van der Waals surface area (Å²) in [5.74, 6) is -0.160. The van der Waals surface area contributed by atoms with Crippen molar-refractivity contribution < 1.29 is 13.6 Å². The maximum absolute atomic E-state index is 12.3. The van der Waals surface area contributed by atoms with E-state index in [1.54, 1.807) is 0 Å². The molecule has 15 heavy (non-hydrogen) atoms. The molecule has 0 aromatic heterocycles. The fourth-order valence-corrected chi connectivity index (χ4v) is 2.05. The van der Waals surface area contributed by atoms with Gasteiger partial charge in [0.25, 0.3) is 6.43 Å². The Hall–Kier alpha value is -0.710. The zero-order valence-corrected chi connectivity index (χ0v) is 8.59. The first-order valence-electron chi connectivity index (χ1n) is 5.48. The van der Waals surface area contributed by atoms with Gasteiger partial charge in [-0.1, -0.05) is 0 Å². The van der Waals surface area contributed by atoms with Crippen LogP contribution >= 0.6 is 0 Å². The van der Waals surface area contributed by atoms with Crippen molar-refractivity contribution in [2.24, 2.45) is 5.92 Å². The summed E-state index contributed by atoms with van der Waals surface area (Å²) < 4.78 is 24.6. The van der Waals surface area contributed by atoms with Crippen molar-refractivity contribution in [3.05, 3.63) is 0 Å². The van der Waals surface area contributed by atoms with Gasteiger partial charge < -0.3 is 10.2 Å².